The largest absolute Gasteiger partial charge is 0.467 e. The molecule has 23 heavy (non-hydrogen) atoms. The Kier molecular flexibility index (Phi) is 6.37. The molecule has 1 amide bonds. The minimum absolute atomic E-state index is 0.0175. The zero-order valence-electron chi connectivity index (χ0n) is 12.0. The van der Waals surface area contributed by atoms with E-state index in [1.807, 2.05) is 0 Å². The highest BCUT2D eigenvalue weighted by Gasteiger charge is 2.13. The first-order chi connectivity index (χ1) is 11.0. The van der Waals surface area contributed by atoms with Crippen LogP contribution in [0.3, 0.4) is 0 Å². The Balaban J connectivity index is 1.62. The fourth-order valence-corrected chi connectivity index (χ4v) is 2.68. The third-order valence-corrected chi connectivity index (χ3v) is 4.08. The molecule has 0 aromatic carbocycles. The van der Waals surface area contributed by atoms with Gasteiger partial charge in [-0.1, -0.05) is 11.6 Å². The van der Waals surface area contributed by atoms with Gasteiger partial charge in [-0.05, 0) is 24.3 Å². The smallest absolute Gasteiger partial charge is 0.306 e. The van der Waals surface area contributed by atoms with Crippen LogP contribution in [0.25, 0.3) is 0 Å². The number of carbonyl (C=O) groups excluding carboxylic acids is 3. The van der Waals surface area contributed by atoms with Crippen molar-refractivity contribution in [2.24, 2.45) is 0 Å². The molecule has 0 bridgehead atoms. The molecule has 0 aliphatic rings. The van der Waals surface area contributed by atoms with Crippen molar-refractivity contribution in [1.29, 1.82) is 0 Å². The first kappa shape index (κ1) is 17.2. The van der Waals surface area contributed by atoms with Gasteiger partial charge in [0.2, 0.25) is 0 Å². The predicted molar refractivity (Wildman–Crippen MR) is 84.4 cm³/mol. The lowest BCUT2D eigenvalue weighted by Gasteiger charge is -2.05. The second kappa shape index (κ2) is 8.50. The third-order valence-electron chi connectivity index (χ3n) is 2.81. The van der Waals surface area contributed by atoms with Crippen LogP contribution in [0, 0.1) is 0 Å². The quantitative estimate of drug-likeness (QED) is 0.581. The molecule has 0 unspecified atom stereocenters. The molecule has 2 heterocycles. The molecular formula is C15H14ClNO5S. The van der Waals surface area contributed by atoms with Gasteiger partial charge in [0.25, 0.3) is 5.91 Å². The molecule has 0 fully saturated rings. The number of halogens is 1. The fourth-order valence-electron chi connectivity index (χ4n) is 1.67. The third kappa shape index (κ3) is 5.88. The van der Waals surface area contributed by atoms with Crippen molar-refractivity contribution in [2.45, 2.75) is 19.4 Å². The van der Waals surface area contributed by atoms with Crippen molar-refractivity contribution in [3.8, 4) is 0 Å². The summed E-state index contributed by atoms with van der Waals surface area (Å²) in [4.78, 5) is 35.3. The van der Waals surface area contributed by atoms with Crippen molar-refractivity contribution in [1.82, 2.24) is 5.32 Å². The summed E-state index contributed by atoms with van der Waals surface area (Å²) in [5.74, 6) is -0.619. The lowest BCUT2D eigenvalue weighted by molar-refractivity contribution is -0.148. The number of Topliss-reactive ketones (excluding diaryl/α,β-unsaturated/α-hetero) is 1. The highest BCUT2D eigenvalue weighted by atomic mass is 35.5. The number of esters is 1. The molecule has 1 N–H and O–H groups in total. The molecule has 2 aromatic rings. The topological polar surface area (TPSA) is 85.6 Å². The van der Waals surface area contributed by atoms with E-state index >= 15 is 0 Å². The number of thiophene rings is 1. The summed E-state index contributed by atoms with van der Waals surface area (Å²) < 4.78 is 10.4. The summed E-state index contributed by atoms with van der Waals surface area (Å²) in [5, 5.41) is 2.54. The lowest BCUT2D eigenvalue weighted by Crippen LogP contribution is -2.28. The van der Waals surface area contributed by atoms with E-state index in [2.05, 4.69) is 5.32 Å². The minimum atomic E-state index is -0.603. The van der Waals surface area contributed by atoms with Crippen LogP contribution in [-0.4, -0.2) is 24.3 Å². The van der Waals surface area contributed by atoms with Crippen molar-refractivity contribution in [2.75, 3.05) is 6.61 Å². The van der Waals surface area contributed by atoms with Gasteiger partial charge < -0.3 is 14.5 Å². The Morgan fingerprint density at radius 1 is 1.22 bits per heavy atom. The first-order valence-electron chi connectivity index (χ1n) is 6.78. The lowest BCUT2D eigenvalue weighted by atomic mass is 10.2. The van der Waals surface area contributed by atoms with Crippen LogP contribution in [0.5, 0.6) is 0 Å². The highest BCUT2D eigenvalue weighted by molar-refractivity contribution is 7.18. The molecule has 0 saturated heterocycles. The van der Waals surface area contributed by atoms with Gasteiger partial charge in [0.15, 0.2) is 12.4 Å². The zero-order chi connectivity index (χ0) is 16.7. The molecule has 6 nitrogen and oxygen atoms in total. The van der Waals surface area contributed by atoms with Crippen molar-refractivity contribution < 1.29 is 23.5 Å². The van der Waals surface area contributed by atoms with E-state index < -0.39 is 18.5 Å². The Labute approximate surface area is 141 Å². The summed E-state index contributed by atoms with van der Waals surface area (Å²) >= 11 is 6.90. The van der Waals surface area contributed by atoms with Crippen LogP contribution in [0.15, 0.2) is 34.9 Å². The SMILES string of the molecule is O=C(COC(=O)CCC(=O)c1ccc(Cl)s1)NCc1ccco1. The van der Waals surface area contributed by atoms with E-state index in [0.717, 1.165) is 11.3 Å². The summed E-state index contributed by atoms with van der Waals surface area (Å²) in [6.45, 7) is -0.167. The Hall–Kier alpha value is -2.12. The maximum atomic E-state index is 11.8. The van der Waals surface area contributed by atoms with Crippen molar-refractivity contribution >= 4 is 40.6 Å². The summed E-state index contributed by atoms with van der Waals surface area (Å²) in [6, 6.07) is 6.66. The van der Waals surface area contributed by atoms with Gasteiger partial charge in [-0.2, -0.15) is 0 Å². The monoisotopic (exact) mass is 355 g/mol. The highest BCUT2D eigenvalue weighted by Crippen LogP contribution is 2.22. The molecule has 122 valence electrons. The maximum absolute atomic E-state index is 11.8. The van der Waals surface area contributed by atoms with Crippen LogP contribution >= 0.6 is 22.9 Å². The van der Waals surface area contributed by atoms with E-state index in [1.165, 1.54) is 6.26 Å². The first-order valence-corrected chi connectivity index (χ1v) is 7.97. The average molecular weight is 356 g/mol. The normalized spacial score (nSPS) is 10.3. The molecule has 0 atom stereocenters. The second-order valence-corrected chi connectivity index (χ2v) is 6.26. The summed E-state index contributed by atoms with van der Waals surface area (Å²) in [5.41, 5.74) is 0. The Morgan fingerprint density at radius 3 is 2.70 bits per heavy atom. The number of hydrogen-bond acceptors (Lipinski definition) is 6. The molecule has 0 spiro atoms. The van der Waals surface area contributed by atoms with Gasteiger partial charge in [-0.3, -0.25) is 14.4 Å². The van der Waals surface area contributed by atoms with Gasteiger partial charge >= 0.3 is 5.97 Å². The number of nitrogens with one attached hydrogen (secondary N) is 1. The van der Waals surface area contributed by atoms with Gasteiger partial charge in [0.05, 0.1) is 28.4 Å². The van der Waals surface area contributed by atoms with Crippen molar-refractivity contribution in [3.63, 3.8) is 0 Å². The number of furan rings is 1. The van der Waals surface area contributed by atoms with Gasteiger partial charge in [0.1, 0.15) is 5.76 Å². The average Bonchev–Trinajstić information content (AvgIpc) is 3.19. The Morgan fingerprint density at radius 2 is 2.04 bits per heavy atom. The second-order valence-electron chi connectivity index (χ2n) is 4.54. The van der Waals surface area contributed by atoms with E-state index in [9.17, 15) is 14.4 Å². The molecule has 8 heteroatoms. The van der Waals surface area contributed by atoms with Gasteiger partial charge in [-0.25, -0.2) is 0 Å². The molecule has 0 saturated carbocycles. The molecule has 2 rings (SSSR count). The van der Waals surface area contributed by atoms with E-state index in [-0.39, 0.29) is 25.2 Å². The van der Waals surface area contributed by atoms with E-state index in [1.54, 1.807) is 24.3 Å². The van der Waals surface area contributed by atoms with E-state index in [0.29, 0.717) is 15.0 Å². The molecule has 2 aromatic heterocycles. The number of ketones is 1. The zero-order valence-corrected chi connectivity index (χ0v) is 13.6. The molecule has 0 aliphatic heterocycles. The number of hydrogen-bond donors (Lipinski definition) is 1. The number of ether oxygens (including phenoxy) is 1. The summed E-state index contributed by atoms with van der Waals surface area (Å²) in [7, 11) is 0. The predicted octanol–water partition coefficient (Wildman–Crippen LogP) is 2.82. The molecular weight excluding hydrogens is 342 g/mol. The van der Waals surface area contributed by atoms with Gasteiger partial charge in [-0.15, -0.1) is 11.3 Å². The van der Waals surface area contributed by atoms with Crippen LogP contribution in [0.2, 0.25) is 4.34 Å². The van der Waals surface area contributed by atoms with Crippen molar-refractivity contribution in [3.05, 3.63) is 45.5 Å². The van der Waals surface area contributed by atoms with Gasteiger partial charge in [0, 0.05) is 6.42 Å². The Bertz CT molecular complexity index is 680. The maximum Gasteiger partial charge on any atom is 0.306 e. The standard InChI is InChI=1S/C15H14ClNO5S/c16-13-5-4-12(23-13)11(18)3-6-15(20)22-9-14(19)17-8-10-2-1-7-21-10/h1-2,4-5,7H,3,6,8-9H2,(H,17,19). The molecule has 0 radical (unpaired) electrons. The number of rotatable bonds is 8. The minimum Gasteiger partial charge on any atom is -0.467 e. The van der Waals surface area contributed by atoms with E-state index in [4.69, 9.17) is 20.8 Å². The van der Waals surface area contributed by atoms with Crippen LogP contribution < -0.4 is 5.32 Å². The summed E-state index contributed by atoms with van der Waals surface area (Å²) in [6.07, 6.45) is 1.43. The van der Waals surface area contributed by atoms with Crippen LogP contribution in [-0.2, 0) is 20.9 Å². The molecule has 0 aliphatic carbocycles. The number of amides is 1. The van der Waals surface area contributed by atoms with Crippen LogP contribution in [0.4, 0.5) is 0 Å². The number of carbonyl (C=O) groups is 3. The fraction of sp³-hybridized carbons (Fsp3) is 0.267. The van der Waals surface area contributed by atoms with Crippen LogP contribution in [0.1, 0.15) is 28.3 Å².